The van der Waals surface area contributed by atoms with Gasteiger partial charge in [0.15, 0.2) is 0 Å². The molecular formula is C11H14ClNO2. The fourth-order valence-corrected chi connectivity index (χ4v) is 2.01. The standard InChI is InChI=1S/C11H14ClNO2/c12-10-7-8(4-5-13-10)11(14)9-3-1-2-6-15-9/h4-5,7,9,11,14H,1-3,6H2. The van der Waals surface area contributed by atoms with Crippen LogP contribution in [-0.2, 0) is 4.74 Å². The minimum atomic E-state index is -0.592. The minimum Gasteiger partial charge on any atom is -0.386 e. The number of nitrogens with zero attached hydrogens (tertiary/aromatic N) is 1. The van der Waals surface area contributed by atoms with E-state index in [1.54, 1.807) is 18.3 Å². The zero-order chi connectivity index (χ0) is 10.7. The van der Waals surface area contributed by atoms with Crippen molar-refractivity contribution in [2.24, 2.45) is 0 Å². The fourth-order valence-electron chi connectivity index (χ4n) is 1.83. The van der Waals surface area contributed by atoms with Crippen LogP contribution in [0, 0.1) is 0 Å². The van der Waals surface area contributed by atoms with E-state index in [4.69, 9.17) is 16.3 Å². The first kappa shape index (κ1) is 10.9. The third kappa shape index (κ3) is 2.68. The Morgan fingerprint density at radius 1 is 1.53 bits per heavy atom. The molecule has 0 aromatic carbocycles. The van der Waals surface area contributed by atoms with Crippen molar-refractivity contribution in [1.82, 2.24) is 4.98 Å². The minimum absolute atomic E-state index is 0.0998. The lowest BCUT2D eigenvalue weighted by Gasteiger charge is -2.27. The zero-order valence-corrected chi connectivity index (χ0v) is 9.15. The molecule has 2 heterocycles. The number of ether oxygens (including phenoxy) is 1. The molecule has 1 fully saturated rings. The van der Waals surface area contributed by atoms with Crippen molar-refractivity contribution < 1.29 is 9.84 Å². The largest absolute Gasteiger partial charge is 0.386 e. The summed E-state index contributed by atoms with van der Waals surface area (Å²) in [5.41, 5.74) is 0.780. The van der Waals surface area contributed by atoms with Crippen molar-refractivity contribution in [1.29, 1.82) is 0 Å². The van der Waals surface area contributed by atoms with E-state index >= 15 is 0 Å². The van der Waals surface area contributed by atoms with Crippen LogP contribution >= 0.6 is 11.6 Å². The number of hydrogen-bond acceptors (Lipinski definition) is 3. The van der Waals surface area contributed by atoms with Gasteiger partial charge in [0.1, 0.15) is 11.3 Å². The van der Waals surface area contributed by atoms with Crippen LogP contribution in [0.2, 0.25) is 5.15 Å². The lowest BCUT2D eigenvalue weighted by Crippen LogP contribution is -2.26. The highest BCUT2D eigenvalue weighted by Gasteiger charge is 2.23. The number of hydrogen-bond donors (Lipinski definition) is 1. The molecule has 3 nitrogen and oxygen atoms in total. The Bertz CT molecular complexity index is 326. The van der Waals surface area contributed by atoms with Gasteiger partial charge in [0, 0.05) is 12.8 Å². The van der Waals surface area contributed by atoms with Gasteiger partial charge in [-0.2, -0.15) is 0 Å². The van der Waals surface area contributed by atoms with Crippen molar-refractivity contribution in [3.63, 3.8) is 0 Å². The molecule has 0 bridgehead atoms. The molecular weight excluding hydrogens is 214 g/mol. The van der Waals surface area contributed by atoms with Crippen molar-refractivity contribution >= 4 is 11.6 Å². The van der Waals surface area contributed by atoms with Crippen LogP contribution in [0.4, 0.5) is 0 Å². The second kappa shape index (κ2) is 4.92. The topological polar surface area (TPSA) is 42.4 Å². The molecule has 1 N–H and O–H groups in total. The molecule has 1 aromatic heterocycles. The van der Waals surface area contributed by atoms with E-state index in [0.717, 1.165) is 31.4 Å². The highest BCUT2D eigenvalue weighted by molar-refractivity contribution is 6.29. The molecule has 2 unspecified atom stereocenters. The first-order valence-electron chi connectivity index (χ1n) is 5.18. The van der Waals surface area contributed by atoms with E-state index in [-0.39, 0.29) is 6.10 Å². The van der Waals surface area contributed by atoms with Crippen molar-refractivity contribution in [3.8, 4) is 0 Å². The van der Waals surface area contributed by atoms with Gasteiger partial charge < -0.3 is 9.84 Å². The lowest BCUT2D eigenvalue weighted by molar-refractivity contribution is -0.0633. The van der Waals surface area contributed by atoms with E-state index < -0.39 is 6.10 Å². The summed E-state index contributed by atoms with van der Waals surface area (Å²) in [6.07, 6.45) is 4.01. The monoisotopic (exact) mass is 227 g/mol. The van der Waals surface area contributed by atoms with Crippen LogP contribution in [0.1, 0.15) is 30.9 Å². The SMILES string of the molecule is OC(c1ccnc(Cl)c1)C1CCCCO1. The highest BCUT2D eigenvalue weighted by Crippen LogP contribution is 2.26. The number of pyridine rings is 1. The lowest BCUT2D eigenvalue weighted by atomic mass is 9.99. The summed E-state index contributed by atoms with van der Waals surface area (Å²) in [5, 5.41) is 10.5. The average Bonchev–Trinajstić information content (AvgIpc) is 2.29. The van der Waals surface area contributed by atoms with Crippen LogP contribution < -0.4 is 0 Å². The van der Waals surface area contributed by atoms with Gasteiger partial charge in [-0.25, -0.2) is 4.98 Å². The average molecular weight is 228 g/mol. The Morgan fingerprint density at radius 2 is 2.40 bits per heavy atom. The predicted molar refractivity (Wildman–Crippen MR) is 57.8 cm³/mol. The molecule has 0 amide bonds. The van der Waals surface area contributed by atoms with Gasteiger partial charge in [-0.05, 0) is 37.0 Å². The molecule has 0 spiro atoms. The van der Waals surface area contributed by atoms with Crippen LogP contribution in [0.25, 0.3) is 0 Å². The van der Waals surface area contributed by atoms with Gasteiger partial charge in [-0.3, -0.25) is 0 Å². The smallest absolute Gasteiger partial charge is 0.129 e. The number of halogens is 1. The first-order valence-corrected chi connectivity index (χ1v) is 5.56. The Morgan fingerprint density at radius 3 is 3.07 bits per heavy atom. The van der Waals surface area contributed by atoms with Gasteiger partial charge in [0.2, 0.25) is 0 Å². The molecule has 1 aliphatic rings. The second-order valence-electron chi connectivity index (χ2n) is 3.76. The quantitative estimate of drug-likeness (QED) is 0.789. The maximum absolute atomic E-state index is 10.1. The van der Waals surface area contributed by atoms with Gasteiger partial charge in [0.25, 0.3) is 0 Å². The predicted octanol–water partition coefficient (Wildman–Crippen LogP) is 2.34. The molecule has 15 heavy (non-hydrogen) atoms. The number of rotatable bonds is 2. The summed E-state index contributed by atoms with van der Waals surface area (Å²) in [4.78, 5) is 3.88. The maximum atomic E-state index is 10.1. The number of aliphatic hydroxyl groups excluding tert-OH is 1. The summed E-state index contributed by atoms with van der Waals surface area (Å²) in [5.74, 6) is 0. The first-order chi connectivity index (χ1) is 7.27. The molecule has 2 atom stereocenters. The number of aromatic nitrogens is 1. The van der Waals surface area contributed by atoms with Crippen molar-refractivity contribution in [3.05, 3.63) is 29.0 Å². The second-order valence-corrected chi connectivity index (χ2v) is 4.15. The van der Waals surface area contributed by atoms with E-state index in [2.05, 4.69) is 4.98 Å². The summed E-state index contributed by atoms with van der Waals surface area (Å²) in [7, 11) is 0. The third-order valence-electron chi connectivity index (χ3n) is 2.66. The normalized spacial score (nSPS) is 23.7. The fraction of sp³-hybridized carbons (Fsp3) is 0.545. The van der Waals surface area contributed by atoms with Gasteiger partial charge in [-0.1, -0.05) is 11.6 Å². The maximum Gasteiger partial charge on any atom is 0.129 e. The Balaban J connectivity index is 2.08. The Labute approximate surface area is 94.0 Å². The molecule has 0 saturated carbocycles. The molecule has 1 saturated heterocycles. The van der Waals surface area contributed by atoms with E-state index in [1.165, 1.54) is 0 Å². The van der Waals surface area contributed by atoms with Gasteiger partial charge >= 0.3 is 0 Å². The Hall–Kier alpha value is -0.640. The number of aliphatic hydroxyl groups is 1. The molecule has 0 radical (unpaired) electrons. The molecule has 4 heteroatoms. The molecule has 2 rings (SSSR count). The molecule has 0 aliphatic carbocycles. The molecule has 1 aromatic rings. The van der Waals surface area contributed by atoms with Crippen LogP contribution in [0.5, 0.6) is 0 Å². The van der Waals surface area contributed by atoms with Crippen molar-refractivity contribution in [2.75, 3.05) is 6.61 Å². The summed E-state index contributed by atoms with van der Waals surface area (Å²) in [6, 6.07) is 3.46. The van der Waals surface area contributed by atoms with Crippen LogP contribution in [0.3, 0.4) is 0 Å². The van der Waals surface area contributed by atoms with E-state index in [0.29, 0.717) is 5.15 Å². The van der Waals surface area contributed by atoms with Crippen molar-refractivity contribution in [2.45, 2.75) is 31.5 Å². The molecule has 1 aliphatic heterocycles. The highest BCUT2D eigenvalue weighted by atomic mass is 35.5. The summed E-state index contributed by atoms with van der Waals surface area (Å²) < 4.78 is 5.52. The molecule has 82 valence electrons. The van der Waals surface area contributed by atoms with Crippen LogP contribution in [0.15, 0.2) is 18.3 Å². The zero-order valence-electron chi connectivity index (χ0n) is 8.40. The summed E-state index contributed by atoms with van der Waals surface area (Å²) in [6.45, 7) is 0.737. The van der Waals surface area contributed by atoms with Crippen LogP contribution in [-0.4, -0.2) is 22.8 Å². The Kier molecular flexibility index (Phi) is 3.57. The van der Waals surface area contributed by atoms with E-state index in [1.807, 2.05) is 0 Å². The van der Waals surface area contributed by atoms with Gasteiger partial charge in [-0.15, -0.1) is 0 Å². The van der Waals surface area contributed by atoms with Gasteiger partial charge in [0.05, 0.1) is 6.10 Å². The van der Waals surface area contributed by atoms with E-state index in [9.17, 15) is 5.11 Å². The third-order valence-corrected chi connectivity index (χ3v) is 2.87. The summed E-state index contributed by atoms with van der Waals surface area (Å²) >= 11 is 5.76.